The highest BCUT2D eigenvalue weighted by Gasteiger charge is 2.61. The molecule has 4 heterocycles. The molecule has 0 aliphatic carbocycles. The van der Waals surface area contributed by atoms with Gasteiger partial charge in [0.2, 0.25) is 17.7 Å². The van der Waals surface area contributed by atoms with E-state index in [1.807, 2.05) is 6.08 Å². The molecule has 0 aromatic heterocycles. The molecule has 0 bridgehead atoms. The molecule has 4 aliphatic rings. The van der Waals surface area contributed by atoms with Crippen LogP contribution in [0, 0.1) is 5.92 Å². The molecule has 3 amide bonds. The van der Waals surface area contributed by atoms with Crippen molar-refractivity contribution < 1.29 is 149 Å². The molecule has 33 nitrogen and oxygen atoms in total. The molecule has 24 atom stereocenters. The number of aliphatic hydroxyl groups is 15. The zero-order valence-electron chi connectivity index (χ0n) is 60.9. The number of hydrogen-bond donors (Lipinski definition) is 20. The highest BCUT2D eigenvalue weighted by atomic mass is 16.8. The Bertz CT molecular complexity index is 2440. The van der Waals surface area contributed by atoms with E-state index in [0.29, 0.717) is 12.8 Å². The molecule has 4 aliphatic heterocycles. The molecule has 6 unspecified atom stereocenters. The molecule has 33 heteroatoms. The summed E-state index contributed by atoms with van der Waals surface area (Å²) in [7, 11) is 0. The quantitative estimate of drug-likeness (QED) is 0.0271. The van der Waals surface area contributed by atoms with Crippen molar-refractivity contribution in [2.45, 2.75) is 353 Å². The van der Waals surface area contributed by atoms with E-state index in [1.165, 1.54) is 109 Å². The van der Waals surface area contributed by atoms with Crippen LogP contribution in [-0.2, 0) is 61.9 Å². The number of amides is 3. The molecular formula is C71H127N3O30. The average Bonchev–Trinajstić information content (AvgIpc) is 0.750. The number of rotatable bonds is 54. The summed E-state index contributed by atoms with van der Waals surface area (Å²) in [5.41, 5.74) is 0. The van der Waals surface area contributed by atoms with Gasteiger partial charge in [-0.25, -0.2) is 9.59 Å². The van der Waals surface area contributed by atoms with Gasteiger partial charge in [-0.3, -0.25) is 14.4 Å². The molecule has 4 saturated heterocycles. The summed E-state index contributed by atoms with van der Waals surface area (Å²) in [6.45, 7) is -1.97. The maximum atomic E-state index is 13.6. The Labute approximate surface area is 609 Å². The number of allylic oxidation sites excluding steroid dienone is 1. The maximum absolute atomic E-state index is 13.6. The van der Waals surface area contributed by atoms with Crippen molar-refractivity contribution in [2.24, 2.45) is 5.92 Å². The van der Waals surface area contributed by atoms with Gasteiger partial charge in [-0.2, -0.15) is 0 Å². The molecule has 0 aromatic rings. The number of aliphatic hydroxyl groups excluding tert-OH is 15. The van der Waals surface area contributed by atoms with E-state index in [1.54, 1.807) is 6.08 Å². The fraction of sp³-hybridized carbons (Fsp3) is 0.901. The third-order valence-electron chi connectivity index (χ3n) is 19.9. The van der Waals surface area contributed by atoms with Crippen LogP contribution in [0.4, 0.5) is 0 Å². The Morgan fingerprint density at radius 1 is 0.529 bits per heavy atom. The highest BCUT2D eigenvalue weighted by Crippen LogP contribution is 2.41. The third kappa shape index (κ3) is 29.2. The first-order chi connectivity index (χ1) is 49.7. The van der Waals surface area contributed by atoms with Crippen molar-refractivity contribution in [1.82, 2.24) is 16.0 Å². The van der Waals surface area contributed by atoms with Crippen molar-refractivity contribution in [3.05, 3.63) is 12.2 Å². The predicted molar refractivity (Wildman–Crippen MR) is 369 cm³/mol. The van der Waals surface area contributed by atoms with Crippen LogP contribution >= 0.6 is 0 Å². The summed E-state index contributed by atoms with van der Waals surface area (Å²) in [5, 5.41) is 194. The monoisotopic (exact) mass is 1500 g/mol. The summed E-state index contributed by atoms with van der Waals surface area (Å²) >= 11 is 0. The predicted octanol–water partition coefficient (Wildman–Crippen LogP) is -0.441. The Morgan fingerprint density at radius 2 is 1.01 bits per heavy atom. The van der Waals surface area contributed by atoms with Gasteiger partial charge in [0, 0.05) is 32.1 Å². The number of ether oxygens (including phenoxy) is 8. The first-order valence-corrected chi connectivity index (χ1v) is 37.8. The van der Waals surface area contributed by atoms with Crippen LogP contribution in [0.5, 0.6) is 0 Å². The number of nitrogens with one attached hydrogen (secondary N) is 3. The Balaban J connectivity index is 1.49. The lowest BCUT2D eigenvalue weighted by Gasteiger charge is -2.51. The van der Waals surface area contributed by atoms with Crippen molar-refractivity contribution in [3.63, 3.8) is 0 Å². The second-order valence-corrected chi connectivity index (χ2v) is 28.3. The number of hydrogen-bond acceptors (Lipinski definition) is 28. The molecule has 4 fully saturated rings. The lowest BCUT2D eigenvalue weighted by molar-refractivity contribution is -0.386. The van der Waals surface area contributed by atoms with Crippen molar-refractivity contribution >= 4 is 29.7 Å². The number of aliphatic carboxylic acids is 2. The Morgan fingerprint density at radius 3 is 1.50 bits per heavy atom. The first-order valence-electron chi connectivity index (χ1n) is 37.8. The summed E-state index contributed by atoms with van der Waals surface area (Å²) in [5.74, 6) is -14.9. The number of carboxylic acid groups (broad SMARTS) is 2. The van der Waals surface area contributed by atoms with E-state index in [4.69, 9.17) is 37.9 Å². The molecule has 4 rings (SSSR count). The fourth-order valence-electron chi connectivity index (χ4n) is 13.7. The van der Waals surface area contributed by atoms with E-state index in [-0.39, 0.29) is 12.3 Å². The Kier molecular flexibility index (Phi) is 43.9. The Hall–Kier alpha value is -3.83. The number of carbonyl (C=O) groups is 5. The molecular weight excluding hydrogens is 1370 g/mol. The van der Waals surface area contributed by atoms with E-state index >= 15 is 0 Å². The SMILES string of the molecule is CCCCCCCCCCCCC/C=C/C(O)C(CO[C@@H]1O[C@H](CO)[C@@H](O[C@@H]2O[C@H](CO)[C@H](O)[C@H](O[C@]3(C(=O)O)C[C@H](O)[C@@H](NC(C)=O)[C@H](C(O)C(CO)CO[C@]4(C(=O)O)C[C@H](O)[C@@H](NC(=O)CO)[C@H](C(O)C(O)CO)O4)O3)[C@H]2O)[C@H](O)[C@H]1O)NC(=O)CCCCCCCCCCCCCCCCC. The van der Waals surface area contributed by atoms with E-state index in [9.17, 15) is 111 Å². The summed E-state index contributed by atoms with van der Waals surface area (Å²) < 4.78 is 46.4. The average molecular weight is 1500 g/mol. The van der Waals surface area contributed by atoms with Gasteiger partial charge in [-0.15, -0.1) is 0 Å². The number of carbonyl (C=O) groups excluding carboxylic acids is 3. The zero-order chi connectivity index (χ0) is 76.9. The van der Waals surface area contributed by atoms with E-state index < -0.39 is 229 Å². The van der Waals surface area contributed by atoms with Crippen LogP contribution in [0.2, 0.25) is 0 Å². The van der Waals surface area contributed by atoms with Crippen molar-refractivity contribution in [2.75, 3.05) is 46.2 Å². The second-order valence-electron chi connectivity index (χ2n) is 28.3. The largest absolute Gasteiger partial charge is 0.477 e. The summed E-state index contributed by atoms with van der Waals surface area (Å²) in [4.78, 5) is 64.9. The molecule has 0 aromatic carbocycles. The maximum Gasteiger partial charge on any atom is 0.364 e. The summed E-state index contributed by atoms with van der Waals surface area (Å²) in [6, 6.07) is -4.72. The van der Waals surface area contributed by atoms with Gasteiger partial charge in [0.05, 0.1) is 82.2 Å². The van der Waals surface area contributed by atoms with Crippen LogP contribution in [0.25, 0.3) is 0 Å². The van der Waals surface area contributed by atoms with E-state index in [2.05, 4.69) is 29.8 Å². The number of unbranched alkanes of at least 4 members (excludes halogenated alkanes) is 25. The van der Waals surface area contributed by atoms with Gasteiger partial charge < -0.3 is 141 Å². The minimum absolute atomic E-state index is 0.155. The number of carboxylic acids is 2. The fourth-order valence-corrected chi connectivity index (χ4v) is 13.7. The molecule has 0 spiro atoms. The van der Waals surface area contributed by atoms with Crippen LogP contribution in [0.15, 0.2) is 12.2 Å². The topological polar surface area (TPSA) is 539 Å². The minimum Gasteiger partial charge on any atom is -0.477 e. The third-order valence-corrected chi connectivity index (χ3v) is 19.9. The smallest absolute Gasteiger partial charge is 0.364 e. The molecule has 0 saturated carbocycles. The normalized spacial score (nSPS) is 31.4. The van der Waals surface area contributed by atoms with E-state index in [0.717, 1.165) is 58.3 Å². The minimum atomic E-state index is -3.33. The van der Waals surface area contributed by atoms with Crippen LogP contribution in [0.3, 0.4) is 0 Å². The molecule has 606 valence electrons. The van der Waals surface area contributed by atoms with Gasteiger partial charge in [0.15, 0.2) is 12.6 Å². The van der Waals surface area contributed by atoms with Gasteiger partial charge in [0.25, 0.3) is 11.6 Å². The highest BCUT2D eigenvalue weighted by molar-refractivity contribution is 5.79. The van der Waals surface area contributed by atoms with Gasteiger partial charge in [0.1, 0.15) is 79.9 Å². The standard InChI is InChI=1S/C71H127N3O30/c1-4-6-8-10-12-14-16-18-19-21-23-25-27-29-31-33-52(85)73-45(46(81)32-30-28-26-24-22-20-17-15-13-11-9-7-5-2)42-97-66-60(91)59(90)62(51(39-78)100-66)101-67-61(92)65(58(89)50(38-77)99-67)104-71(69(95)96)35-48(83)54(72-43(3)80)63(103-71)56(87)44(36-75)41-98-70(68(93)94)34-47(82)55(74-53(86)40-79)64(102-70)57(88)49(84)37-76/h30,32,44-51,54-67,75-79,81-84,87-92H,4-29,31,33-42H2,1-3H3,(H,72,80)(H,73,85)(H,74,86)(H,93,94)(H,95,96)/b32-30+/t44?,45?,46?,47-,48-,49?,50+,51+,54+,55+,56?,57?,58-,59+,60+,61+,62+,63+,64+,65-,66+,67-,70+,71-/m0/s1. The second kappa shape index (κ2) is 49.3. The van der Waals surface area contributed by atoms with Gasteiger partial charge in [-0.05, 0) is 19.3 Å². The van der Waals surface area contributed by atoms with Gasteiger partial charge >= 0.3 is 11.9 Å². The summed E-state index contributed by atoms with van der Waals surface area (Å²) in [6.07, 6.45) is -5.37. The van der Waals surface area contributed by atoms with Crippen LogP contribution in [-0.4, -0.2) is 303 Å². The van der Waals surface area contributed by atoms with Crippen molar-refractivity contribution in [1.29, 1.82) is 0 Å². The van der Waals surface area contributed by atoms with Crippen LogP contribution in [0.1, 0.15) is 213 Å². The zero-order valence-corrected chi connectivity index (χ0v) is 60.9. The molecule has 0 radical (unpaired) electrons. The molecule has 20 N–H and O–H groups in total. The lowest BCUT2D eigenvalue weighted by atomic mass is 9.85. The van der Waals surface area contributed by atoms with Crippen LogP contribution < -0.4 is 16.0 Å². The first kappa shape index (κ1) is 92.6. The van der Waals surface area contributed by atoms with Crippen molar-refractivity contribution in [3.8, 4) is 0 Å². The lowest BCUT2D eigenvalue weighted by Crippen LogP contribution is -2.71. The molecule has 104 heavy (non-hydrogen) atoms. The van der Waals surface area contributed by atoms with Gasteiger partial charge in [-0.1, -0.05) is 180 Å².